The van der Waals surface area contributed by atoms with E-state index in [9.17, 15) is 4.39 Å². The standard InChI is InChI=1S/C19H27FN4/c1-4-7-13-24(6-3)18-14-17(8-5-2)22-19(23-18)21-16-11-9-15(20)10-12-16/h9-12,14H,4-8,13H2,1-3H3,(H,21,22,23). The molecule has 0 saturated heterocycles. The summed E-state index contributed by atoms with van der Waals surface area (Å²) in [6.45, 7) is 8.38. The van der Waals surface area contributed by atoms with Crippen LogP contribution in [0.2, 0.25) is 0 Å². The molecule has 0 radical (unpaired) electrons. The van der Waals surface area contributed by atoms with Crippen LogP contribution in [0.4, 0.5) is 21.8 Å². The Labute approximate surface area is 144 Å². The first kappa shape index (κ1) is 18.2. The molecule has 1 aromatic heterocycles. The minimum Gasteiger partial charge on any atom is -0.357 e. The van der Waals surface area contributed by atoms with Gasteiger partial charge in [-0.25, -0.2) is 9.37 Å². The first-order valence-electron chi connectivity index (χ1n) is 8.81. The van der Waals surface area contributed by atoms with Gasteiger partial charge in [0, 0.05) is 30.5 Å². The zero-order valence-electron chi connectivity index (χ0n) is 14.8. The van der Waals surface area contributed by atoms with Crippen molar-refractivity contribution < 1.29 is 4.39 Å². The van der Waals surface area contributed by atoms with Crippen molar-refractivity contribution in [3.8, 4) is 0 Å². The van der Waals surface area contributed by atoms with E-state index in [1.165, 1.54) is 12.1 Å². The highest BCUT2D eigenvalue weighted by Crippen LogP contribution is 2.20. The van der Waals surface area contributed by atoms with Gasteiger partial charge in [0.2, 0.25) is 5.95 Å². The molecule has 1 N–H and O–H groups in total. The summed E-state index contributed by atoms with van der Waals surface area (Å²) in [5.41, 5.74) is 1.81. The van der Waals surface area contributed by atoms with Gasteiger partial charge in [-0.05, 0) is 44.0 Å². The summed E-state index contributed by atoms with van der Waals surface area (Å²) in [7, 11) is 0. The number of halogens is 1. The second-order valence-electron chi connectivity index (χ2n) is 5.86. The minimum absolute atomic E-state index is 0.251. The van der Waals surface area contributed by atoms with Crippen molar-refractivity contribution in [3.05, 3.63) is 41.8 Å². The Morgan fingerprint density at radius 3 is 2.42 bits per heavy atom. The molecular weight excluding hydrogens is 303 g/mol. The van der Waals surface area contributed by atoms with Crippen LogP contribution >= 0.6 is 0 Å². The van der Waals surface area contributed by atoms with E-state index in [1.807, 2.05) is 0 Å². The van der Waals surface area contributed by atoms with Gasteiger partial charge in [-0.3, -0.25) is 0 Å². The van der Waals surface area contributed by atoms with Crippen LogP contribution < -0.4 is 10.2 Å². The van der Waals surface area contributed by atoms with Gasteiger partial charge >= 0.3 is 0 Å². The number of hydrogen-bond donors (Lipinski definition) is 1. The molecular formula is C19H27FN4. The first-order chi connectivity index (χ1) is 11.7. The third-order valence-corrected chi connectivity index (χ3v) is 3.86. The normalized spacial score (nSPS) is 10.7. The van der Waals surface area contributed by atoms with Gasteiger partial charge in [-0.1, -0.05) is 26.7 Å². The van der Waals surface area contributed by atoms with Crippen molar-refractivity contribution in [2.45, 2.75) is 46.5 Å². The Morgan fingerprint density at radius 1 is 1.04 bits per heavy atom. The van der Waals surface area contributed by atoms with E-state index in [2.05, 4.69) is 47.0 Å². The highest BCUT2D eigenvalue weighted by molar-refractivity contribution is 5.55. The molecule has 0 aliphatic heterocycles. The topological polar surface area (TPSA) is 41.1 Å². The molecule has 0 amide bonds. The maximum Gasteiger partial charge on any atom is 0.229 e. The van der Waals surface area contributed by atoms with Gasteiger partial charge in [-0.15, -0.1) is 0 Å². The van der Waals surface area contributed by atoms with E-state index in [4.69, 9.17) is 0 Å². The Balaban J connectivity index is 2.27. The van der Waals surface area contributed by atoms with Gasteiger partial charge in [0.25, 0.3) is 0 Å². The predicted molar refractivity (Wildman–Crippen MR) is 98.5 cm³/mol. The van der Waals surface area contributed by atoms with Crippen LogP contribution in [0.15, 0.2) is 30.3 Å². The number of unbranched alkanes of at least 4 members (excludes halogenated alkanes) is 1. The largest absolute Gasteiger partial charge is 0.357 e. The maximum atomic E-state index is 13.1. The molecule has 0 fully saturated rings. The molecule has 0 bridgehead atoms. The third kappa shape index (κ3) is 5.18. The van der Waals surface area contributed by atoms with Crippen molar-refractivity contribution in [1.82, 2.24) is 9.97 Å². The molecule has 24 heavy (non-hydrogen) atoms. The van der Waals surface area contributed by atoms with Crippen LogP contribution in [0.1, 0.15) is 45.7 Å². The average Bonchev–Trinajstić information content (AvgIpc) is 2.58. The fourth-order valence-electron chi connectivity index (χ4n) is 2.53. The van der Waals surface area contributed by atoms with E-state index in [0.29, 0.717) is 5.95 Å². The Morgan fingerprint density at radius 2 is 1.79 bits per heavy atom. The predicted octanol–water partition coefficient (Wildman–Crippen LogP) is 4.94. The van der Waals surface area contributed by atoms with E-state index < -0.39 is 0 Å². The van der Waals surface area contributed by atoms with E-state index in [0.717, 1.165) is 56.0 Å². The summed E-state index contributed by atoms with van der Waals surface area (Å²) in [5.74, 6) is 1.27. The highest BCUT2D eigenvalue weighted by Gasteiger charge is 2.10. The van der Waals surface area contributed by atoms with Crippen LogP contribution in [-0.2, 0) is 6.42 Å². The SMILES string of the molecule is CCCCN(CC)c1cc(CCC)nc(Nc2ccc(F)cc2)n1. The summed E-state index contributed by atoms with van der Waals surface area (Å²) < 4.78 is 13.1. The van der Waals surface area contributed by atoms with Crippen LogP contribution in [0.3, 0.4) is 0 Å². The molecule has 0 saturated carbocycles. The molecule has 4 nitrogen and oxygen atoms in total. The molecule has 5 heteroatoms. The lowest BCUT2D eigenvalue weighted by atomic mass is 10.2. The van der Waals surface area contributed by atoms with Crippen molar-refractivity contribution in [2.75, 3.05) is 23.3 Å². The summed E-state index contributed by atoms with van der Waals surface area (Å²) in [6.07, 6.45) is 4.25. The van der Waals surface area contributed by atoms with Crippen molar-refractivity contribution in [3.63, 3.8) is 0 Å². The first-order valence-corrected chi connectivity index (χ1v) is 8.81. The van der Waals surface area contributed by atoms with Crippen LogP contribution in [0.5, 0.6) is 0 Å². The maximum absolute atomic E-state index is 13.1. The number of nitrogens with zero attached hydrogens (tertiary/aromatic N) is 3. The van der Waals surface area contributed by atoms with E-state index in [1.54, 1.807) is 12.1 Å². The van der Waals surface area contributed by atoms with Gasteiger partial charge in [0.1, 0.15) is 11.6 Å². The molecule has 130 valence electrons. The monoisotopic (exact) mass is 330 g/mol. The molecule has 1 heterocycles. The van der Waals surface area contributed by atoms with Gasteiger partial charge in [-0.2, -0.15) is 4.98 Å². The summed E-state index contributed by atoms with van der Waals surface area (Å²) in [4.78, 5) is 11.5. The molecule has 2 rings (SSSR count). The summed E-state index contributed by atoms with van der Waals surface area (Å²) in [5, 5.41) is 3.19. The summed E-state index contributed by atoms with van der Waals surface area (Å²) in [6, 6.07) is 8.33. The zero-order valence-corrected chi connectivity index (χ0v) is 14.8. The molecule has 0 aliphatic rings. The van der Waals surface area contributed by atoms with Crippen LogP contribution in [0, 0.1) is 5.82 Å². The second kappa shape index (κ2) is 9.21. The van der Waals surface area contributed by atoms with E-state index in [-0.39, 0.29) is 5.82 Å². The van der Waals surface area contributed by atoms with Gasteiger partial charge in [0.05, 0.1) is 0 Å². The summed E-state index contributed by atoms with van der Waals surface area (Å²) >= 11 is 0. The average molecular weight is 330 g/mol. The molecule has 0 aliphatic carbocycles. The fraction of sp³-hybridized carbons (Fsp3) is 0.474. The van der Waals surface area contributed by atoms with Crippen molar-refractivity contribution in [1.29, 1.82) is 0 Å². The highest BCUT2D eigenvalue weighted by atomic mass is 19.1. The quantitative estimate of drug-likeness (QED) is 0.707. The zero-order chi connectivity index (χ0) is 17.4. The minimum atomic E-state index is -0.251. The molecule has 0 spiro atoms. The number of rotatable bonds is 9. The Hall–Kier alpha value is -2.17. The number of hydrogen-bond acceptors (Lipinski definition) is 4. The number of anilines is 3. The lowest BCUT2D eigenvalue weighted by Gasteiger charge is -2.23. The number of benzene rings is 1. The van der Waals surface area contributed by atoms with Crippen molar-refractivity contribution in [2.24, 2.45) is 0 Å². The van der Waals surface area contributed by atoms with Gasteiger partial charge in [0.15, 0.2) is 0 Å². The number of aromatic nitrogens is 2. The molecule has 1 aromatic carbocycles. The lowest BCUT2D eigenvalue weighted by molar-refractivity contribution is 0.628. The lowest BCUT2D eigenvalue weighted by Crippen LogP contribution is -2.25. The van der Waals surface area contributed by atoms with E-state index >= 15 is 0 Å². The molecule has 0 atom stereocenters. The number of nitrogens with one attached hydrogen (secondary N) is 1. The Bertz CT molecular complexity index is 628. The second-order valence-corrected chi connectivity index (χ2v) is 5.86. The number of aryl methyl sites for hydroxylation is 1. The van der Waals surface area contributed by atoms with Gasteiger partial charge < -0.3 is 10.2 Å². The Kier molecular flexibility index (Phi) is 6.97. The molecule has 2 aromatic rings. The third-order valence-electron chi connectivity index (χ3n) is 3.86. The van der Waals surface area contributed by atoms with Crippen LogP contribution in [0.25, 0.3) is 0 Å². The fourth-order valence-corrected chi connectivity index (χ4v) is 2.53. The van der Waals surface area contributed by atoms with Crippen LogP contribution in [-0.4, -0.2) is 23.1 Å². The van der Waals surface area contributed by atoms with Crippen molar-refractivity contribution >= 4 is 17.5 Å². The molecule has 0 unspecified atom stereocenters. The smallest absolute Gasteiger partial charge is 0.229 e.